The highest BCUT2D eigenvalue weighted by Crippen LogP contribution is 2.24. The van der Waals surface area contributed by atoms with Crippen molar-refractivity contribution in [2.45, 2.75) is 27.2 Å². The first-order valence-corrected chi connectivity index (χ1v) is 6.54. The second-order valence-electron chi connectivity index (χ2n) is 4.59. The molecule has 0 amide bonds. The topological polar surface area (TPSA) is 12.9 Å². The molecule has 1 heterocycles. The molecule has 0 spiro atoms. The van der Waals surface area contributed by atoms with E-state index in [-0.39, 0.29) is 0 Å². The molecule has 2 heteroatoms. The van der Waals surface area contributed by atoms with Crippen LogP contribution in [0.2, 0.25) is 0 Å². The maximum absolute atomic E-state index is 4.49. The van der Waals surface area contributed by atoms with E-state index < -0.39 is 0 Å². The van der Waals surface area contributed by atoms with Crippen molar-refractivity contribution in [1.82, 2.24) is 4.98 Å². The van der Waals surface area contributed by atoms with E-state index in [1.165, 1.54) is 11.1 Å². The summed E-state index contributed by atoms with van der Waals surface area (Å²) < 4.78 is 0. The van der Waals surface area contributed by atoms with Crippen LogP contribution in [0.3, 0.4) is 0 Å². The first kappa shape index (κ1) is 11.3. The first-order valence-electron chi connectivity index (χ1n) is 5.66. The van der Waals surface area contributed by atoms with E-state index in [1.54, 1.807) is 11.3 Å². The van der Waals surface area contributed by atoms with Gasteiger partial charge in [-0.1, -0.05) is 38.1 Å². The average Bonchev–Trinajstić information content (AvgIpc) is 2.65. The molecule has 0 saturated carbocycles. The number of aromatic nitrogens is 1. The van der Waals surface area contributed by atoms with Gasteiger partial charge in [0.2, 0.25) is 0 Å². The van der Waals surface area contributed by atoms with Gasteiger partial charge in [0.25, 0.3) is 0 Å². The minimum Gasteiger partial charge on any atom is -0.241 e. The smallest absolute Gasteiger partial charge is 0.123 e. The molecule has 0 fully saturated rings. The van der Waals surface area contributed by atoms with Gasteiger partial charge in [0.15, 0.2) is 0 Å². The van der Waals surface area contributed by atoms with E-state index >= 15 is 0 Å². The Balaban J connectivity index is 2.19. The summed E-state index contributed by atoms with van der Waals surface area (Å²) in [6.45, 7) is 6.53. The van der Waals surface area contributed by atoms with Crippen LogP contribution in [0.25, 0.3) is 10.6 Å². The molecule has 0 aliphatic rings. The molecular formula is C14H17NS. The van der Waals surface area contributed by atoms with Crippen molar-refractivity contribution in [1.29, 1.82) is 0 Å². The molecule has 0 aliphatic carbocycles. The third-order valence-corrected chi connectivity index (χ3v) is 3.47. The lowest BCUT2D eigenvalue weighted by molar-refractivity contribution is 0.647. The highest BCUT2D eigenvalue weighted by atomic mass is 32.1. The monoisotopic (exact) mass is 231 g/mol. The van der Waals surface area contributed by atoms with Gasteiger partial charge in [0, 0.05) is 16.6 Å². The Morgan fingerprint density at radius 2 is 1.88 bits per heavy atom. The maximum atomic E-state index is 4.49. The van der Waals surface area contributed by atoms with Gasteiger partial charge < -0.3 is 0 Å². The minimum absolute atomic E-state index is 0.716. The standard InChI is InChI=1S/C14H17NS/c1-10(2)8-12-4-6-13(7-5-12)14-15-11(3)9-16-14/h4-7,9-10H,8H2,1-3H3. The van der Waals surface area contributed by atoms with Crippen molar-refractivity contribution in [3.63, 3.8) is 0 Å². The molecule has 0 bridgehead atoms. The molecule has 16 heavy (non-hydrogen) atoms. The third kappa shape index (κ3) is 2.70. The second-order valence-corrected chi connectivity index (χ2v) is 5.45. The summed E-state index contributed by atoms with van der Waals surface area (Å²) in [6.07, 6.45) is 1.15. The van der Waals surface area contributed by atoms with Crippen LogP contribution in [-0.4, -0.2) is 4.98 Å². The Labute approximate surface area is 101 Å². The molecule has 1 aromatic heterocycles. The van der Waals surface area contributed by atoms with Crippen molar-refractivity contribution in [3.8, 4) is 10.6 Å². The fraction of sp³-hybridized carbons (Fsp3) is 0.357. The molecule has 0 radical (unpaired) electrons. The molecule has 0 atom stereocenters. The normalized spacial score (nSPS) is 11.0. The van der Waals surface area contributed by atoms with E-state index in [9.17, 15) is 0 Å². The SMILES string of the molecule is Cc1csc(-c2ccc(CC(C)C)cc2)n1. The van der Waals surface area contributed by atoms with Gasteiger partial charge >= 0.3 is 0 Å². The largest absolute Gasteiger partial charge is 0.241 e. The van der Waals surface area contributed by atoms with Crippen molar-refractivity contribution in [3.05, 3.63) is 40.9 Å². The number of nitrogens with zero attached hydrogens (tertiary/aromatic N) is 1. The summed E-state index contributed by atoms with van der Waals surface area (Å²) >= 11 is 1.71. The predicted octanol–water partition coefficient (Wildman–Crippen LogP) is 4.32. The maximum Gasteiger partial charge on any atom is 0.123 e. The molecule has 0 aliphatic heterocycles. The molecule has 84 valence electrons. The highest BCUT2D eigenvalue weighted by Gasteiger charge is 2.03. The zero-order valence-corrected chi connectivity index (χ0v) is 10.8. The quantitative estimate of drug-likeness (QED) is 0.766. The van der Waals surface area contributed by atoms with Gasteiger partial charge in [-0.25, -0.2) is 4.98 Å². The summed E-state index contributed by atoms with van der Waals surface area (Å²) in [4.78, 5) is 4.49. The summed E-state index contributed by atoms with van der Waals surface area (Å²) in [5, 5.41) is 3.21. The van der Waals surface area contributed by atoms with Crippen LogP contribution in [0, 0.1) is 12.8 Å². The molecule has 1 nitrogen and oxygen atoms in total. The molecule has 0 N–H and O–H groups in total. The van der Waals surface area contributed by atoms with Crippen LogP contribution in [0.1, 0.15) is 25.1 Å². The molecule has 2 aromatic rings. The van der Waals surface area contributed by atoms with Crippen molar-refractivity contribution in [2.75, 3.05) is 0 Å². The summed E-state index contributed by atoms with van der Waals surface area (Å²) in [7, 11) is 0. The number of benzene rings is 1. The van der Waals surface area contributed by atoms with E-state index in [2.05, 4.69) is 48.5 Å². The van der Waals surface area contributed by atoms with Crippen LogP contribution in [0.15, 0.2) is 29.6 Å². The van der Waals surface area contributed by atoms with Crippen molar-refractivity contribution in [2.24, 2.45) is 5.92 Å². The number of aryl methyl sites for hydroxylation is 1. The summed E-state index contributed by atoms with van der Waals surface area (Å²) in [5.74, 6) is 0.716. The average molecular weight is 231 g/mol. The zero-order valence-electron chi connectivity index (χ0n) is 10.0. The van der Waals surface area contributed by atoms with Gasteiger partial charge in [0.05, 0.1) is 0 Å². The molecular weight excluding hydrogens is 214 g/mol. The van der Waals surface area contributed by atoms with Crippen molar-refractivity contribution < 1.29 is 0 Å². The van der Waals surface area contributed by atoms with Gasteiger partial charge in [-0.2, -0.15) is 0 Å². The van der Waals surface area contributed by atoms with E-state index in [1.807, 2.05) is 6.92 Å². The van der Waals surface area contributed by atoms with Gasteiger partial charge in [0.1, 0.15) is 5.01 Å². The van der Waals surface area contributed by atoms with Crippen LogP contribution < -0.4 is 0 Å². The van der Waals surface area contributed by atoms with Crippen LogP contribution >= 0.6 is 11.3 Å². The second kappa shape index (κ2) is 4.79. The molecule has 0 saturated heterocycles. The predicted molar refractivity (Wildman–Crippen MR) is 70.8 cm³/mol. The molecule has 0 unspecified atom stereocenters. The van der Waals surface area contributed by atoms with Crippen molar-refractivity contribution >= 4 is 11.3 Å². The van der Waals surface area contributed by atoms with Crippen LogP contribution in [0.5, 0.6) is 0 Å². The Morgan fingerprint density at radius 1 is 1.19 bits per heavy atom. The first-order chi connectivity index (χ1) is 7.65. The molecule has 1 aromatic carbocycles. The summed E-state index contributed by atoms with van der Waals surface area (Å²) in [5.41, 5.74) is 3.74. The Hall–Kier alpha value is -1.15. The number of thiazole rings is 1. The van der Waals surface area contributed by atoms with Crippen LogP contribution in [0.4, 0.5) is 0 Å². The van der Waals surface area contributed by atoms with E-state index in [4.69, 9.17) is 0 Å². The van der Waals surface area contributed by atoms with E-state index in [0.29, 0.717) is 5.92 Å². The van der Waals surface area contributed by atoms with Gasteiger partial charge in [-0.05, 0) is 24.8 Å². The highest BCUT2D eigenvalue weighted by molar-refractivity contribution is 7.13. The Kier molecular flexibility index (Phi) is 3.39. The Morgan fingerprint density at radius 3 is 2.38 bits per heavy atom. The lowest BCUT2D eigenvalue weighted by atomic mass is 10.0. The zero-order chi connectivity index (χ0) is 11.5. The Bertz CT molecular complexity index is 454. The van der Waals surface area contributed by atoms with Crippen LogP contribution in [-0.2, 0) is 6.42 Å². The van der Waals surface area contributed by atoms with Gasteiger partial charge in [-0.15, -0.1) is 11.3 Å². The fourth-order valence-corrected chi connectivity index (χ4v) is 2.55. The fourth-order valence-electron chi connectivity index (χ4n) is 1.74. The number of hydrogen-bond acceptors (Lipinski definition) is 2. The number of rotatable bonds is 3. The number of hydrogen-bond donors (Lipinski definition) is 0. The van der Waals surface area contributed by atoms with Gasteiger partial charge in [-0.3, -0.25) is 0 Å². The lowest BCUT2D eigenvalue weighted by Crippen LogP contribution is -1.93. The molecule has 2 rings (SSSR count). The lowest BCUT2D eigenvalue weighted by Gasteiger charge is -2.05. The third-order valence-electron chi connectivity index (χ3n) is 2.46. The minimum atomic E-state index is 0.716. The summed E-state index contributed by atoms with van der Waals surface area (Å²) in [6, 6.07) is 8.78. The van der Waals surface area contributed by atoms with E-state index in [0.717, 1.165) is 17.1 Å².